The van der Waals surface area contributed by atoms with Crippen molar-refractivity contribution in [2.75, 3.05) is 37.9 Å². The summed E-state index contributed by atoms with van der Waals surface area (Å²) in [5.74, 6) is 1.99. The number of nitrogens with zero attached hydrogens (tertiary/aromatic N) is 6. The van der Waals surface area contributed by atoms with Crippen LogP contribution in [-0.4, -0.2) is 63.1 Å². The Balaban J connectivity index is 1.42. The van der Waals surface area contributed by atoms with Crippen molar-refractivity contribution in [3.8, 4) is 11.5 Å². The Morgan fingerprint density at radius 2 is 1.77 bits per heavy atom. The zero-order valence-corrected chi connectivity index (χ0v) is 23.2. The third-order valence-electron chi connectivity index (χ3n) is 8.22. The molecule has 0 bridgehead atoms. The number of rotatable bonds is 6. The molecule has 2 aromatic heterocycles. The topological polar surface area (TPSA) is 101 Å². The molecule has 1 fully saturated rings. The highest BCUT2D eigenvalue weighted by molar-refractivity contribution is 5.83. The van der Waals surface area contributed by atoms with E-state index in [1.54, 1.807) is 0 Å². The molecule has 0 saturated carbocycles. The number of pyridine rings is 1. The second-order valence-corrected chi connectivity index (χ2v) is 11.2. The van der Waals surface area contributed by atoms with Crippen molar-refractivity contribution >= 4 is 16.6 Å². The van der Waals surface area contributed by atoms with Crippen molar-refractivity contribution < 1.29 is 9.47 Å². The first-order valence-corrected chi connectivity index (χ1v) is 13.6. The smallest absolute Gasteiger partial charge is 0.253 e. The van der Waals surface area contributed by atoms with Gasteiger partial charge in [-0.05, 0) is 73.9 Å². The van der Waals surface area contributed by atoms with Gasteiger partial charge in [-0.1, -0.05) is 19.1 Å². The van der Waals surface area contributed by atoms with Crippen LogP contribution < -0.4 is 19.9 Å². The first-order valence-electron chi connectivity index (χ1n) is 13.6. The maximum Gasteiger partial charge on any atom is 0.253 e. The minimum absolute atomic E-state index is 0.160. The van der Waals surface area contributed by atoms with Gasteiger partial charge in [-0.3, -0.25) is 9.69 Å². The second-order valence-electron chi connectivity index (χ2n) is 11.2. The van der Waals surface area contributed by atoms with Crippen LogP contribution in [0.15, 0.2) is 41.2 Å². The Labute approximate surface area is 227 Å². The third-order valence-corrected chi connectivity index (χ3v) is 8.22. The molecule has 4 heterocycles. The number of hydrogen-bond acceptors (Lipinski definition) is 8. The minimum Gasteiger partial charge on any atom is -0.454 e. The molecule has 0 radical (unpaired) electrons. The number of aromatic nitrogens is 5. The van der Waals surface area contributed by atoms with E-state index in [1.807, 2.05) is 22.9 Å². The number of benzene rings is 2. The molecule has 0 aliphatic carbocycles. The highest BCUT2D eigenvalue weighted by Crippen LogP contribution is 2.37. The number of ether oxygens (including phenoxy) is 2. The minimum atomic E-state index is -0.412. The Morgan fingerprint density at radius 3 is 2.51 bits per heavy atom. The fourth-order valence-electron chi connectivity index (χ4n) is 5.54. The Morgan fingerprint density at radius 1 is 1.03 bits per heavy atom. The summed E-state index contributed by atoms with van der Waals surface area (Å²) in [5, 5.41) is 13.9. The predicted octanol–water partition coefficient (Wildman–Crippen LogP) is 3.92. The standard InChI is InChI=1S/C29H35N7O3/c1-6-29(4,5)36-27(31-32-33-36)26(35-11-9-34(10-12-35)23-13-18(2)7-8-19(23)3)21-14-20-15-24-25(39-17-38-24)16-22(20)30-28(21)37/h7-8,13-16,26H,6,9-12,17H2,1-5H3,(H,30,37)/t26-/m0/s1. The maximum absolute atomic E-state index is 13.7. The fraction of sp³-hybridized carbons (Fsp3) is 0.448. The molecule has 0 unspecified atom stereocenters. The number of aromatic amines is 1. The van der Waals surface area contributed by atoms with Crippen molar-refractivity contribution in [2.24, 2.45) is 0 Å². The van der Waals surface area contributed by atoms with Crippen LogP contribution in [0.3, 0.4) is 0 Å². The first-order chi connectivity index (χ1) is 18.7. The van der Waals surface area contributed by atoms with Crippen LogP contribution in [0.5, 0.6) is 11.5 Å². The van der Waals surface area contributed by atoms with Gasteiger partial charge in [0, 0.05) is 48.9 Å². The second kappa shape index (κ2) is 9.68. The van der Waals surface area contributed by atoms with Crippen LogP contribution in [0.4, 0.5) is 5.69 Å². The average Bonchev–Trinajstić information content (AvgIpc) is 3.60. The zero-order chi connectivity index (χ0) is 27.3. The van der Waals surface area contributed by atoms with E-state index >= 15 is 0 Å². The highest BCUT2D eigenvalue weighted by Gasteiger charge is 2.36. The molecule has 39 heavy (non-hydrogen) atoms. The largest absolute Gasteiger partial charge is 0.454 e. The van der Waals surface area contributed by atoms with Crippen LogP contribution in [0.2, 0.25) is 0 Å². The van der Waals surface area contributed by atoms with E-state index in [0.29, 0.717) is 28.4 Å². The molecule has 1 N–H and O–H groups in total. The van der Waals surface area contributed by atoms with E-state index in [4.69, 9.17) is 9.47 Å². The Hall–Kier alpha value is -3.92. The lowest BCUT2D eigenvalue weighted by Gasteiger charge is -2.40. The van der Waals surface area contributed by atoms with Crippen molar-refractivity contribution in [1.29, 1.82) is 0 Å². The molecule has 2 aliphatic rings. The van der Waals surface area contributed by atoms with E-state index in [0.717, 1.165) is 38.0 Å². The van der Waals surface area contributed by atoms with E-state index in [-0.39, 0.29) is 17.9 Å². The third kappa shape index (κ3) is 4.52. The summed E-state index contributed by atoms with van der Waals surface area (Å²) < 4.78 is 13.0. The van der Waals surface area contributed by atoms with Gasteiger partial charge in [0.15, 0.2) is 17.3 Å². The number of piperazine rings is 1. The Kier molecular flexibility index (Phi) is 6.29. The van der Waals surface area contributed by atoms with Gasteiger partial charge >= 0.3 is 0 Å². The predicted molar refractivity (Wildman–Crippen MR) is 150 cm³/mol. The molecule has 204 valence electrons. The lowest BCUT2D eigenvalue weighted by molar-refractivity contribution is 0.174. The quantitative estimate of drug-likeness (QED) is 0.401. The van der Waals surface area contributed by atoms with Crippen LogP contribution in [0.1, 0.15) is 55.7 Å². The van der Waals surface area contributed by atoms with Crippen molar-refractivity contribution in [2.45, 2.75) is 52.6 Å². The number of aryl methyl sites for hydroxylation is 2. The molecule has 1 atom stereocenters. The molecule has 2 aliphatic heterocycles. The lowest BCUT2D eigenvalue weighted by Crippen LogP contribution is -2.49. The zero-order valence-electron chi connectivity index (χ0n) is 23.2. The summed E-state index contributed by atoms with van der Waals surface area (Å²) in [5.41, 5.74) is 4.64. The SMILES string of the molecule is CCC(C)(C)n1nnnc1[C@H](c1cc2cc3c(cc2[nH]c1=O)OCO3)N1CCN(c2cc(C)ccc2C)CC1. The van der Waals surface area contributed by atoms with E-state index in [9.17, 15) is 4.79 Å². The summed E-state index contributed by atoms with van der Waals surface area (Å²) in [6.45, 7) is 14.0. The number of hydrogen-bond donors (Lipinski definition) is 1. The number of tetrazole rings is 1. The van der Waals surface area contributed by atoms with Gasteiger partial charge < -0.3 is 19.4 Å². The highest BCUT2D eigenvalue weighted by atomic mass is 16.7. The number of anilines is 1. The summed E-state index contributed by atoms with van der Waals surface area (Å²) in [6.07, 6.45) is 0.843. The molecule has 10 nitrogen and oxygen atoms in total. The van der Waals surface area contributed by atoms with Gasteiger partial charge in [0.1, 0.15) is 6.04 Å². The van der Waals surface area contributed by atoms with Crippen LogP contribution in [0, 0.1) is 13.8 Å². The lowest BCUT2D eigenvalue weighted by atomic mass is 9.98. The van der Waals surface area contributed by atoms with Crippen molar-refractivity contribution in [1.82, 2.24) is 30.1 Å². The Bertz CT molecular complexity index is 1580. The van der Waals surface area contributed by atoms with Crippen LogP contribution >= 0.6 is 0 Å². The molecule has 2 aromatic carbocycles. The molecule has 4 aromatic rings. The first kappa shape index (κ1) is 25.4. The van der Waals surface area contributed by atoms with Crippen LogP contribution in [0.25, 0.3) is 10.9 Å². The molecule has 0 spiro atoms. The number of fused-ring (bicyclic) bond motifs is 2. The van der Waals surface area contributed by atoms with Gasteiger partial charge in [-0.15, -0.1) is 5.10 Å². The molecule has 1 saturated heterocycles. The molecule has 6 rings (SSSR count). The van der Waals surface area contributed by atoms with Crippen LogP contribution in [-0.2, 0) is 5.54 Å². The molecule has 0 amide bonds. The summed E-state index contributed by atoms with van der Waals surface area (Å²) >= 11 is 0. The van der Waals surface area contributed by atoms with Gasteiger partial charge in [0.25, 0.3) is 5.56 Å². The van der Waals surface area contributed by atoms with E-state index in [1.165, 1.54) is 16.8 Å². The normalized spacial score (nSPS) is 16.7. The maximum atomic E-state index is 13.7. The summed E-state index contributed by atoms with van der Waals surface area (Å²) in [7, 11) is 0. The van der Waals surface area contributed by atoms with Gasteiger partial charge in [-0.2, -0.15) is 0 Å². The summed E-state index contributed by atoms with van der Waals surface area (Å²) in [6, 6.07) is 11.9. The van der Waals surface area contributed by atoms with E-state index < -0.39 is 6.04 Å². The fourth-order valence-corrected chi connectivity index (χ4v) is 5.54. The molecular weight excluding hydrogens is 494 g/mol. The van der Waals surface area contributed by atoms with Crippen molar-refractivity contribution in [3.05, 3.63) is 69.3 Å². The monoisotopic (exact) mass is 529 g/mol. The molecule has 10 heteroatoms. The molecular formula is C29H35N7O3. The van der Waals surface area contributed by atoms with Gasteiger partial charge in [-0.25, -0.2) is 4.68 Å². The number of H-pyrrole nitrogens is 1. The average molecular weight is 530 g/mol. The van der Waals surface area contributed by atoms with Gasteiger partial charge in [0.2, 0.25) is 6.79 Å². The van der Waals surface area contributed by atoms with E-state index in [2.05, 4.69) is 83.1 Å². The number of nitrogens with one attached hydrogen (secondary N) is 1. The van der Waals surface area contributed by atoms with Crippen molar-refractivity contribution in [3.63, 3.8) is 0 Å². The van der Waals surface area contributed by atoms with Gasteiger partial charge in [0.05, 0.1) is 11.1 Å². The summed E-state index contributed by atoms with van der Waals surface area (Å²) in [4.78, 5) is 21.5.